The van der Waals surface area contributed by atoms with E-state index in [1.54, 1.807) is 37.7 Å². The maximum absolute atomic E-state index is 11.7. The molecule has 2 N–H and O–H groups in total. The molecule has 0 atom stereocenters. The normalized spacial score (nSPS) is 15.7. The Balaban J connectivity index is 1.96. The second kappa shape index (κ2) is 5.07. The van der Waals surface area contributed by atoms with Crippen molar-refractivity contribution in [2.45, 2.75) is 32.3 Å². The summed E-state index contributed by atoms with van der Waals surface area (Å²) < 4.78 is 6.76. The summed E-state index contributed by atoms with van der Waals surface area (Å²) in [6.45, 7) is 6.25. The molecule has 20 heavy (non-hydrogen) atoms. The van der Waals surface area contributed by atoms with Gasteiger partial charge < -0.3 is 14.7 Å². The van der Waals surface area contributed by atoms with E-state index in [-0.39, 0.29) is 5.92 Å². The van der Waals surface area contributed by atoms with E-state index in [1.807, 2.05) is 6.07 Å². The monoisotopic (exact) mass is 281 g/mol. The molecule has 0 saturated carbocycles. The number of amides is 2. The Morgan fingerprint density at radius 1 is 1.40 bits per heavy atom. The number of carbonyl (C=O) groups excluding carboxylic acids is 1. The van der Waals surface area contributed by atoms with Crippen LogP contribution in [-0.2, 0) is 4.74 Å². The van der Waals surface area contributed by atoms with Crippen molar-refractivity contribution in [3.63, 3.8) is 0 Å². The second-order valence-corrected chi connectivity index (χ2v) is 5.80. The molecule has 1 aliphatic rings. The van der Waals surface area contributed by atoms with Crippen LogP contribution in [0, 0.1) is 0 Å². The molecule has 7 nitrogen and oxygen atoms in total. The smallest absolute Gasteiger partial charge is 0.426 e. The van der Waals surface area contributed by atoms with Crippen LogP contribution >= 0.6 is 0 Å². The molecule has 0 spiro atoms. The van der Waals surface area contributed by atoms with E-state index in [2.05, 4.69) is 5.43 Å². The molecule has 0 radical (unpaired) electrons. The minimum atomic E-state index is -0.917. The van der Waals surface area contributed by atoms with E-state index in [0.717, 1.165) is 5.69 Å². The highest BCUT2D eigenvalue weighted by atomic mass is 16.6. The zero-order chi connectivity index (χ0) is 14.9. The second-order valence-electron chi connectivity index (χ2n) is 5.80. The average molecular weight is 281 g/mol. The van der Waals surface area contributed by atoms with Crippen molar-refractivity contribution in [2.75, 3.05) is 18.5 Å². The molecule has 2 heterocycles. The van der Waals surface area contributed by atoms with Crippen LogP contribution in [-0.4, -0.2) is 45.6 Å². The third-order valence-corrected chi connectivity index (χ3v) is 2.96. The first-order chi connectivity index (χ1) is 9.26. The molecule has 7 heteroatoms. The molecule has 0 aliphatic carbocycles. The van der Waals surface area contributed by atoms with E-state index in [4.69, 9.17) is 9.84 Å². The molecular formula is C13H19N3O4. The Morgan fingerprint density at radius 3 is 2.60 bits per heavy atom. The van der Waals surface area contributed by atoms with Crippen LogP contribution in [0.25, 0.3) is 0 Å². The highest BCUT2D eigenvalue weighted by molar-refractivity contribution is 5.76. The summed E-state index contributed by atoms with van der Waals surface area (Å²) in [5.41, 5.74) is 2.94. The van der Waals surface area contributed by atoms with Gasteiger partial charge in [0.25, 0.3) is 0 Å². The van der Waals surface area contributed by atoms with Gasteiger partial charge in [0.1, 0.15) is 5.60 Å². The van der Waals surface area contributed by atoms with E-state index in [0.29, 0.717) is 13.1 Å². The lowest BCUT2D eigenvalue weighted by atomic mass is 9.97. The molecule has 110 valence electrons. The summed E-state index contributed by atoms with van der Waals surface area (Å²) in [6, 6.07) is 3.66. The van der Waals surface area contributed by atoms with Crippen LogP contribution in [0.15, 0.2) is 18.3 Å². The van der Waals surface area contributed by atoms with Gasteiger partial charge in [0, 0.05) is 30.9 Å². The number of carbonyl (C=O) groups is 2. The van der Waals surface area contributed by atoms with Gasteiger partial charge >= 0.3 is 12.2 Å². The number of hydrogen-bond acceptors (Lipinski definition) is 3. The first-order valence-corrected chi connectivity index (χ1v) is 6.41. The number of nitrogens with zero attached hydrogens (tertiary/aromatic N) is 2. The Bertz CT molecular complexity index is 512. The van der Waals surface area contributed by atoms with E-state index < -0.39 is 17.8 Å². The topological polar surface area (TPSA) is 83.8 Å². The molecule has 1 fully saturated rings. The van der Waals surface area contributed by atoms with Crippen molar-refractivity contribution < 1.29 is 19.4 Å². The summed E-state index contributed by atoms with van der Waals surface area (Å²) in [4.78, 5) is 23.8. The molecule has 1 aromatic heterocycles. The predicted octanol–water partition coefficient (Wildman–Crippen LogP) is 2.04. The van der Waals surface area contributed by atoms with Gasteiger partial charge in [-0.05, 0) is 32.9 Å². The maximum Gasteiger partial charge on any atom is 0.426 e. The number of aromatic nitrogens is 1. The molecule has 0 unspecified atom stereocenters. The van der Waals surface area contributed by atoms with E-state index >= 15 is 0 Å². The molecule has 0 aromatic carbocycles. The van der Waals surface area contributed by atoms with Crippen molar-refractivity contribution in [3.05, 3.63) is 24.0 Å². The number of rotatable bonds is 2. The first kappa shape index (κ1) is 14.2. The number of carboxylic acid groups (broad SMARTS) is 1. The van der Waals surface area contributed by atoms with Gasteiger partial charge in [-0.2, -0.15) is 0 Å². The van der Waals surface area contributed by atoms with Crippen molar-refractivity contribution in [1.82, 2.24) is 9.58 Å². The van der Waals surface area contributed by atoms with Crippen LogP contribution in [0.5, 0.6) is 0 Å². The summed E-state index contributed by atoms with van der Waals surface area (Å²) in [5.74, 6) is 0.0936. The van der Waals surface area contributed by atoms with Gasteiger partial charge in [0.2, 0.25) is 0 Å². The van der Waals surface area contributed by atoms with Crippen LogP contribution < -0.4 is 5.43 Å². The van der Waals surface area contributed by atoms with Crippen molar-refractivity contribution in [3.8, 4) is 0 Å². The van der Waals surface area contributed by atoms with Crippen LogP contribution in [0.3, 0.4) is 0 Å². The Morgan fingerprint density at radius 2 is 2.05 bits per heavy atom. The van der Waals surface area contributed by atoms with Gasteiger partial charge in [0.05, 0.1) is 0 Å². The van der Waals surface area contributed by atoms with Gasteiger partial charge in [-0.3, -0.25) is 4.68 Å². The lowest BCUT2D eigenvalue weighted by Crippen LogP contribution is -2.48. The SMILES string of the molecule is CC(C)(C)OC(=O)Nn1cccc1C1CN(C(=O)O)C1. The average Bonchev–Trinajstić information content (AvgIpc) is 2.60. The maximum atomic E-state index is 11.7. The Kier molecular flexibility index (Phi) is 3.61. The largest absolute Gasteiger partial charge is 0.465 e. The predicted molar refractivity (Wildman–Crippen MR) is 72.4 cm³/mol. The molecule has 0 bridgehead atoms. The van der Waals surface area contributed by atoms with Gasteiger partial charge in [-0.25, -0.2) is 15.0 Å². The molecular weight excluding hydrogens is 262 g/mol. The summed E-state index contributed by atoms with van der Waals surface area (Å²) >= 11 is 0. The van der Waals surface area contributed by atoms with Crippen LogP contribution in [0.2, 0.25) is 0 Å². The fraction of sp³-hybridized carbons (Fsp3) is 0.538. The molecule has 2 amide bonds. The number of nitrogens with one attached hydrogen (secondary N) is 1. The summed E-state index contributed by atoms with van der Waals surface area (Å²) in [7, 11) is 0. The van der Waals surface area contributed by atoms with Gasteiger partial charge in [0.15, 0.2) is 0 Å². The van der Waals surface area contributed by atoms with Gasteiger partial charge in [-0.15, -0.1) is 0 Å². The van der Waals surface area contributed by atoms with Crippen molar-refractivity contribution in [1.29, 1.82) is 0 Å². The quantitative estimate of drug-likeness (QED) is 0.869. The first-order valence-electron chi connectivity index (χ1n) is 6.41. The Hall–Kier alpha value is -2.18. The number of ether oxygens (including phenoxy) is 1. The van der Waals surface area contributed by atoms with Crippen molar-refractivity contribution in [2.24, 2.45) is 0 Å². The zero-order valence-electron chi connectivity index (χ0n) is 11.8. The minimum absolute atomic E-state index is 0.0936. The fourth-order valence-corrected chi connectivity index (χ4v) is 2.05. The van der Waals surface area contributed by atoms with Crippen LogP contribution in [0.1, 0.15) is 32.4 Å². The van der Waals surface area contributed by atoms with E-state index in [9.17, 15) is 9.59 Å². The molecule has 1 saturated heterocycles. The lowest BCUT2D eigenvalue weighted by molar-refractivity contribution is 0.0608. The standard InChI is InChI=1S/C13H19N3O4/c1-13(2,3)20-11(17)14-16-6-4-5-10(16)9-7-15(8-9)12(18)19/h4-6,9H,7-8H2,1-3H3,(H,14,17)(H,18,19). The molecule has 1 aromatic rings. The van der Waals surface area contributed by atoms with Crippen LogP contribution in [0.4, 0.5) is 9.59 Å². The zero-order valence-corrected chi connectivity index (χ0v) is 11.8. The summed E-state index contributed by atoms with van der Waals surface area (Å²) in [6.07, 6.45) is 0.256. The van der Waals surface area contributed by atoms with Gasteiger partial charge in [-0.1, -0.05) is 0 Å². The minimum Gasteiger partial charge on any atom is -0.465 e. The highest BCUT2D eigenvalue weighted by Gasteiger charge is 2.33. The summed E-state index contributed by atoms with van der Waals surface area (Å²) in [5, 5.41) is 8.82. The third-order valence-electron chi connectivity index (χ3n) is 2.96. The van der Waals surface area contributed by atoms with Crippen molar-refractivity contribution >= 4 is 12.2 Å². The third kappa shape index (κ3) is 3.23. The Labute approximate surface area is 117 Å². The number of hydrogen-bond donors (Lipinski definition) is 2. The van der Waals surface area contributed by atoms with E-state index in [1.165, 1.54) is 4.90 Å². The lowest BCUT2D eigenvalue weighted by Gasteiger charge is -2.37. The molecule has 1 aliphatic heterocycles. The fourth-order valence-electron chi connectivity index (χ4n) is 2.05. The number of likely N-dealkylation sites (tertiary alicyclic amines) is 1. The highest BCUT2D eigenvalue weighted by Crippen LogP contribution is 2.26. The molecule has 2 rings (SSSR count).